The first-order valence-electron chi connectivity index (χ1n) is 6.34. The Bertz CT molecular complexity index is 716. The minimum atomic E-state index is -1.39. The maximum atomic E-state index is 14.5. The second-order valence-electron chi connectivity index (χ2n) is 4.81. The third kappa shape index (κ3) is 1.97. The molecular weight excluding hydrogens is 281 g/mol. The van der Waals surface area contributed by atoms with Gasteiger partial charge in [-0.25, -0.2) is 19.3 Å². The number of hydrogen-bond donors (Lipinski definition) is 4. The van der Waals surface area contributed by atoms with Crippen LogP contribution < -0.4 is 5.73 Å². The smallest absolute Gasteiger partial charge is 0.166 e. The van der Waals surface area contributed by atoms with Gasteiger partial charge in [0.05, 0.1) is 6.33 Å². The van der Waals surface area contributed by atoms with Crippen molar-refractivity contribution in [3.63, 3.8) is 0 Å². The van der Waals surface area contributed by atoms with Crippen LogP contribution in [0.15, 0.2) is 24.1 Å². The molecule has 0 fully saturated rings. The summed E-state index contributed by atoms with van der Waals surface area (Å²) in [6, 6.07) is -1.15. The van der Waals surface area contributed by atoms with Crippen molar-refractivity contribution in [2.24, 2.45) is 0 Å². The number of aromatic nitrogens is 4. The predicted molar refractivity (Wildman–Crippen MR) is 70.6 cm³/mol. The van der Waals surface area contributed by atoms with Gasteiger partial charge in [-0.3, -0.25) is 0 Å². The van der Waals surface area contributed by atoms with Crippen LogP contribution in [0.1, 0.15) is 12.5 Å². The van der Waals surface area contributed by atoms with Gasteiger partial charge in [-0.1, -0.05) is 0 Å². The second kappa shape index (κ2) is 5.02. The number of anilines is 1. The van der Waals surface area contributed by atoms with Crippen molar-refractivity contribution in [3.05, 3.63) is 24.1 Å². The number of nitrogens with zero attached hydrogens (tertiary/aromatic N) is 4. The van der Waals surface area contributed by atoms with Crippen molar-refractivity contribution in [2.75, 3.05) is 12.3 Å². The molecule has 5 N–H and O–H groups in total. The topological polar surface area (TPSA) is 130 Å². The minimum absolute atomic E-state index is 0.0149. The number of rotatable bonds is 3. The van der Waals surface area contributed by atoms with Gasteiger partial charge in [-0.15, -0.1) is 0 Å². The SMILES string of the molecule is Nc1ncnc2c1ncn2[C@@H]1C(F)=C(CCO)[C@@H](O)[C@H]1O. The Kier molecular flexibility index (Phi) is 3.32. The molecule has 8 nitrogen and oxygen atoms in total. The van der Waals surface area contributed by atoms with Crippen LogP contribution in [0.25, 0.3) is 11.2 Å². The number of imidazole rings is 1. The van der Waals surface area contributed by atoms with Gasteiger partial charge in [-0.2, -0.15) is 0 Å². The normalized spacial score (nSPS) is 26.0. The lowest BCUT2D eigenvalue weighted by Gasteiger charge is -2.19. The molecule has 3 rings (SSSR count). The summed E-state index contributed by atoms with van der Waals surface area (Å²) in [6.45, 7) is -0.320. The molecule has 1 aliphatic rings. The lowest BCUT2D eigenvalue weighted by molar-refractivity contribution is 0.0279. The van der Waals surface area contributed by atoms with Crippen LogP contribution in [-0.4, -0.2) is 53.7 Å². The molecule has 0 amide bonds. The number of nitrogens with two attached hydrogens (primary N) is 1. The van der Waals surface area contributed by atoms with Crippen LogP contribution in [0, 0.1) is 0 Å². The Morgan fingerprint density at radius 1 is 1.29 bits per heavy atom. The molecule has 0 saturated carbocycles. The number of fused-ring (bicyclic) bond motifs is 1. The number of aliphatic hydroxyl groups is 3. The van der Waals surface area contributed by atoms with Crippen LogP contribution >= 0.6 is 0 Å². The molecule has 2 aromatic heterocycles. The molecule has 3 atom stereocenters. The Labute approximate surface area is 118 Å². The van der Waals surface area contributed by atoms with E-state index in [1.807, 2.05) is 0 Å². The quantitative estimate of drug-likeness (QED) is 0.588. The van der Waals surface area contributed by atoms with Gasteiger partial charge in [-0.05, 0) is 12.0 Å². The summed E-state index contributed by atoms with van der Waals surface area (Å²) in [4.78, 5) is 11.8. The Hall–Kier alpha value is -2.10. The lowest BCUT2D eigenvalue weighted by atomic mass is 10.1. The summed E-state index contributed by atoms with van der Waals surface area (Å²) in [5.41, 5.74) is 6.20. The average Bonchev–Trinajstić information content (AvgIpc) is 2.96. The third-order valence-electron chi connectivity index (χ3n) is 3.64. The van der Waals surface area contributed by atoms with Gasteiger partial charge in [0.25, 0.3) is 0 Å². The van der Waals surface area contributed by atoms with Crippen LogP contribution in [0.4, 0.5) is 10.2 Å². The van der Waals surface area contributed by atoms with E-state index in [0.29, 0.717) is 5.52 Å². The van der Waals surface area contributed by atoms with E-state index in [-0.39, 0.29) is 30.1 Å². The van der Waals surface area contributed by atoms with Crippen molar-refractivity contribution in [2.45, 2.75) is 24.7 Å². The highest BCUT2D eigenvalue weighted by Crippen LogP contribution is 2.39. The van der Waals surface area contributed by atoms with Crippen molar-refractivity contribution in [1.29, 1.82) is 0 Å². The van der Waals surface area contributed by atoms with E-state index < -0.39 is 24.1 Å². The van der Waals surface area contributed by atoms with E-state index in [1.54, 1.807) is 0 Å². The summed E-state index contributed by atoms with van der Waals surface area (Å²) in [5.74, 6) is -0.549. The molecule has 0 radical (unpaired) electrons. The molecule has 9 heteroatoms. The highest BCUT2D eigenvalue weighted by atomic mass is 19.1. The molecule has 0 aliphatic heterocycles. The monoisotopic (exact) mass is 295 g/mol. The van der Waals surface area contributed by atoms with Crippen LogP contribution in [0.3, 0.4) is 0 Å². The maximum absolute atomic E-state index is 14.5. The summed E-state index contributed by atoms with van der Waals surface area (Å²) >= 11 is 0. The summed E-state index contributed by atoms with van der Waals surface area (Å²) < 4.78 is 15.8. The van der Waals surface area contributed by atoms with Crippen LogP contribution in [-0.2, 0) is 0 Å². The fourth-order valence-electron chi connectivity index (χ4n) is 2.61. The van der Waals surface area contributed by atoms with Gasteiger partial charge >= 0.3 is 0 Å². The van der Waals surface area contributed by atoms with Crippen molar-refractivity contribution in [3.8, 4) is 0 Å². The fourth-order valence-corrected chi connectivity index (χ4v) is 2.61. The first kappa shape index (κ1) is 13.9. The molecule has 112 valence electrons. The van der Waals surface area contributed by atoms with Crippen molar-refractivity contribution < 1.29 is 19.7 Å². The predicted octanol–water partition coefficient (Wildman–Crippen LogP) is -0.709. The summed E-state index contributed by atoms with van der Waals surface area (Å²) in [6.07, 6.45) is -0.315. The van der Waals surface area contributed by atoms with Crippen LogP contribution in [0.2, 0.25) is 0 Å². The Morgan fingerprint density at radius 3 is 2.76 bits per heavy atom. The molecule has 0 aromatic carbocycles. The van der Waals surface area contributed by atoms with Crippen molar-refractivity contribution in [1.82, 2.24) is 19.5 Å². The number of hydrogen-bond acceptors (Lipinski definition) is 7. The Morgan fingerprint density at radius 2 is 2.05 bits per heavy atom. The standard InChI is InChI=1S/C12H14FN5O3/c13-6-5(1-2-19)9(20)10(21)8(6)18-4-17-7-11(14)15-3-16-12(7)18/h3-4,8-10,19-21H,1-2H2,(H2,14,15,16)/t8-,9-,10+/m1/s1. The average molecular weight is 295 g/mol. The van der Waals surface area contributed by atoms with E-state index in [4.69, 9.17) is 10.8 Å². The highest BCUT2D eigenvalue weighted by Gasteiger charge is 2.43. The molecular formula is C12H14FN5O3. The summed E-state index contributed by atoms with van der Waals surface area (Å²) in [5, 5.41) is 28.9. The Balaban J connectivity index is 2.12. The zero-order valence-corrected chi connectivity index (χ0v) is 10.9. The number of aliphatic hydroxyl groups excluding tert-OH is 3. The molecule has 2 heterocycles. The second-order valence-corrected chi connectivity index (χ2v) is 4.81. The fraction of sp³-hybridized carbons (Fsp3) is 0.417. The van der Waals surface area contributed by atoms with E-state index in [9.17, 15) is 14.6 Å². The van der Waals surface area contributed by atoms with Gasteiger partial charge in [0.1, 0.15) is 35.9 Å². The van der Waals surface area contributed by atoms with E-state index in [2.05, 4.69) is 15.0 Å². The molecule has 21 heavy (non-hydrogen) atoms. The number of halogens is 1. The number of nitrogen functional groups attached to an aromatic ring is 1. The van der Waals surface area contributed by atoms with Crippen molar-refractivity contribution >= 4 is 17.0 Å². The molecule has 0 spiro atoms. The maximum Gasteiger partial charge on any atom is 0.166 e. The van der Waals surface area contributed by atoms with E-state index in [0.717, 1.165) is 0 Å². The molecule has 1 aliphatic carbocycles. The summed E-state index contributed by atoms with van der Waals surface area (Å²) in [7, 11) is 0. The molecule has 0 saturated heterocycles. The zero-order valence-electron chi connectivity index (χ0n) is 10.9. The van der Waals surface area contributed by atoms with Crippen LogP contribution in [0.5, 0.6) is 0 Å². The van der Waals surface area contributed by atoms with E-state index in [1.165, 1.54) is 17.2 Å². The third-order valence-corrected chi connectivity index (χ3v) is 3.64. The van der Waals surface area contributed by atoms with Gasteiger partial charge in [0.2, 0.25) is 0 Å². The first-order chi connectivity index (χ1) is 10.1. The largest absolute Gasteiger partial charge is 0.396 e. The van der Waals surface area contributed by atoms with Gasteiger partial charge in [0.15, 0.2) is 11.5 Å². The lowest BCUT2D eigenvalue weighted by Crippen LogP contribution is -2.30. The first-order valence-corrected chi connectivity index (χ1v) is 6.34. The molecule has 0 bridgehead atoms. The van der Waals surface area contributed by atoms with E-state index >= 15 is 0 Å². The highest BCUT2D eigenvalue weighted by molar-refractivity contribution is 5.81. The zero-order chi connectivity index (χ0) is 15.1. The van der Waals surface area contributed by atoms with Gasteiger partial charge < -0.3 is 25.6 Å². The molecule has 0 unspecified atom stereocenters. The minimum Gasteiger partial charge on any atom is -0.396 e. The molecule has 2 aromatic rings. The van der Waals surface area contributed by atoms with Gasteiger partial charge in [0, 0.05) is 6.61 Å².